The average Bonchev–Trinajstić information content (AvgIpc) is 3.00. The first-order valence-corrected chi connectivity index (χ1v) is 8.73. The first kappa shape index (κ1) is 16.1. The molecule has 0 atom stereocenters. The molecule has 0 spiro atoms. The first-order valence-electron chi connectivity index (χ1n) is 8.73. The molecule has 132 valence electrons. The van der Waals surface area contributed by atoms with Gasteiger partial charge in [0.15, 0.2) is 17.3 Å². The fraction of sp³-hybridized carbons (Fsp3) is 0.474. The van der Waals surface area contributed by atoms with Crippen molar-refractivity contribution in [3.05, 3.63) is 41.1 Å². The molecule has 25 heavy (non-hydrogen) atoms. The molecule has 0 radical (unpaired) electrons. The average molecular weight is 341 g/mol. The van der Waals surface area contributed by atoms with Gasteiger partial charge in [-0.25, -0.2) is 0 Å². The number of rotatable bonds is 6. The van der Waals surface area contributed by atoms with Crippen LogP contribution in [0.5, 0.6) is 11.5 Å². The van der Waals surface area contributed by atoms with Gasteiger partial charge in [-0.1, -0.05) is 23.7 Å². The summed E-state index contributed by atoms with van der Waals surface area (Å²) in [7, 11) is 3.72. The lowest BCUT2D eigenvalue weighted by molar-refractivity contribution is 0.279. The third-order valence-electron chi connectivity index (χ3n) is 4.81. The Hall–Kier alpha value is -2.34. The van der Waals surface area contributed by atoms with E-state index in [1.807, 2.05) is 18.2 Å². The minimum absolute atomic E-state index is 0.479. The Kier molecular flexibility index (Phi) is 4.44. The van der Waals surface area contributed by atoms with E-state index in [1.165, 1.54) is 24.8 Å². The maximum atomic E-state index is 5.90. The fourth-order valence-electron chi connectivity index (χ4n) is 3.28. The number of ether oxygens (including phenoxy) is 2. The van der Waals surface area contributed by atoms with Gasteiger partial charge in [0, 0.05) is 18.0 Å². The van der Waals surface area contributed by atoms with Crippen LogP contribution >= 0.6 is 0 Å². The van der Waals surface area contributed by atoms with Crippen LogP contribution in [0.2, 0.25) is 0 Å². The number of hydrogen-bond donors (Lipinski definition) is 0. The van der Waals surface area contributed by atoms with Crippen molar-refractivity contribution >= 4 is 6.08 Å². The van der Waals surface area contributed by atoms with Crippen LogP contribution in [0.15, 0.2) is 28.3 Å². The lowest BCUT2D eigenvalue weighted by atomic mass is 9.85. The number of hydrogen-bond acceptors (Lipinski definition) is 6. The van der Waals surface area contributed by atoms with E-state index in [9.17, 15) is 0 Å². The molecule has 0 unspecified atom stereocenters. The maximum absolute atomic E-state index is 5.90. The molecule has 0 amide bonds. The van der Waals surface area contributed by atoms with Crippen molar-refractivity contribution in [2.24, 2.45) is 0 Å². The van der Waals surface area contributed by atoms with E-state index in [2.05, 4.69) is 28.2 Å². The van der Waals surface area contributed by atoms with Crippen molar-refractivity contribution in [3.8, 4) is 11.5 Å². The molecule has 2 aromatic rings. The van der Waals surface area contributed by atoms with Crippen molar-refractivity contribution in [3.63, 3.8) is 0 Å². The van der Waals surface area contributed by atoms with Crippen LogP contribution in [0, 0.1) is 0 Å². The maximum Gasteiger partial charge on any atom is 0.229 e. The monoisotopic (exact) mass is 341 g/mol. The molecule has 1 saturated carbocycles. The zero-order valence-electron chi connectivity index (χ0n) is 14.7. The van der Waals surface area contributed by atoms with Crippen LogP contribution in [0.1, 0.15) is 42.5 Å². The highest BCUT2D eigenvalue weighted by molar-refractivity contribution is 5.66. The van der Waals surface area contributed by atoms with Crippen molar-refractivity contribution in [1.82, 2.24) is 15.0 Å². The molecule has 0 N–H and O–H groups in total. The van der Waals surface area contributed by atoms with Crippen molar-refractivity contribution < 1.29 is 14.0 Å². The molecule has 1 fully saturated rings. The number of aromatic nitrogens is 2. The molecular weight excluding hydrogens is 318 g/mol. The number of para-hydroxylation sites is 1. The molecular formula is C19H23N3O3. The summed E-state index contributed by atoms with van der Waals surface area (Å²) in [4.78, 5) is 6.71. The molecule has 1 aromatic heterocycles. The van der Waals surface area contributed by atoms with E-state index in [0.717, 1.165) is 35.3 Å². The van der Waals surface area contributed by atoms with Gasteiger partial charge in [0.25, 0.3) is 0 Å². The molecule has 1 aromatic carbocycles. The van der Waals surface area contributed by atoms with E-state index in [1.54, 1.807) is 7.11 Å². The highest BCUT2D eigenvalue weighted by Gasteiger charge is 2.25. The van der Waals surface area contributed by atoms with Gasteiger partial charge in [0.1, 0.15) is 6.61 Å². The van der Waals surface area contributed by atoms with Gasteiger partial charge < -0.3 is 14.0 Å². The quantitative estimate of drug-likeness (QED) is 0.804. The number of likely N-dealkylation sites (N-methyl/N-ethyl adjacent to an activating group) is 1. The van der Waals surface area contributed by atoms with Gasteiger partial charge in [-0.05, 0) is 37.6 Å². The van der Waals surface area contributed by atoms with Crippen LogP contribution < -0.4 is 9.47 Å². The molecule has 0 saturated heterocycles. The Morgan fingerprint density at radius 1 is 1.28 bits per heavy atom. The van der Waals surface area contributed by atoms with Crippen molar-refractivity contribution in [2.45, 2.75) is 31.7 Å². The van der Waals surface area contributed by atoms with Gasteiger partial charge in [-0.3, -0.25) is 4.90 Å². The number of benzene rings is 1. The zero-order chi connectivity index (χ0) is 17.2. The van der Waals surface area contributed by atoms with Gasteiger partial charge in [-0.2, -0.15) is 4.98 Å². The van der Waals surface area contributed by atoms with Crippen LogP contribution in [0.4, 0.5) is 0 Å². The minimum atomic E-state index is 0.479. The Morgan fingerprint density at radius 2 is 2.16 bits per heavy atom. The topological polar surface area (TPSA) is 60.6 Å². The third kappa shape index (κ3) is 3.39. The van der Waals surface area contributed by atoms with Gasteiger partial charge in [-0.15, -0.1) is 0 Å². The highest BCUT2D eigenvalue weighted by Crippen LogP contribution is 2.36. The Bertz CT molecular complexity index is 780. The summed E-state index contributed by atoms with van der Waals surface area (Å²) >= 11 is 0. The van der Waals surface area contributed by atoms with Crippen LogP contribution in [-0.2, 0) is 6.54 Å². The molecule has 6 nitrogen and oxygen atoms in total. The molecule has 4 rings (SSSR count). The molecule has 1 aliphatic heterocycles. The summed E-state index contributed by atoms with van der Waals surface area (Å²) in [5.74, 6) is 3.63. The third-order valence-corrected chi connectivity index (χ3v) is 4.81. The van der Waals surface area contributed by atoms with Crippen LogP contribution in [0.3, 0.4) is 0 Å². The number of fused-ring (bicyclic) bond motifs is 1. The molecule has 2 heterocycles. The van der Waals surface area contributed by atoms with Crippen molar-refractivity contribution in [1.29, 1.82) is 0 Å². The lowest BCUT2D eigenvalue weighted by Gasteiger charge is -2.23. The van der Waals surface area contributed by atoms with E-state index >= 15 is 0 Å². The largest absolute Gasteiger partial charge is 0.493 e. The molecule has 0 bridgehead atoms. The summed E-state index contributed by atoms with van der Waals surface area (Å²) in [5.41, 5.74) is 2.27. The first-order chi connectivity index (χ1) is 12.2. The van der Waals surface area contributed by atoms with Gasteiger partial charge in [0.2, 0.25) is 5.89 Å². The Morgan fingerprint density at radius 3 is 2.92 bits per heavy atom. The van der Waals surface area contributed by atoms with Crippen LogP contribution in [-0.4, -0.2) is 42.3 Å². The fourth-order valence-corrected chi connectivity index (χ4v) is 3.28. The summed E-state index contributed by atoms with van der Waals surface area (Å²) in [6, 6.07) is 5.94. The second-order valence-corrected chi connectivity index (χ2v) is 6.82. The number of nitrogens with zero attached hydrogens (tertiary/aromatic N) is 3. The predicted octanol–water partition coefficient (Wildman–Crippen LogP) is 3.25. The van der Waals surface area contributed by atoms with Crippen LogP contribution in [0.25, 0.3) is 6.08 Å². The lowest BCUT2D eigenvalue weighted by Crippen LogP contribution is -2.24. The predicted molar refractivity (Wildman–Crippen MR) is 93.7 cm³/mol. The van der Waals surface area contributed by atoms with E-state index in [0.29, 0.717) is 19.1 Å². The Labute approximate surface area is 147 Å². The highest BCUT2D eigenvalue weighted by atomic mass is 16.5. The SMILES string of the molecule is COc1cccc2c1OCC(CN(C)Cc1noc(C3CCC3)n1)=C2. The Balaban J connectivity index is 1.39. The number of methoxy groups -OCH3 is 1. The summed E-state index contributed by atoms with van der Waals surface area (Å²) < 4.78 is 16.6. The van der Waals surface area contributed by atoms with E-state index in [-0.39, 0.29) is 0 Å². The van der Waals surface area contributed by atoms with E-state index in [4.69, 9.17) is 14.0 Å². The molecule has 2 aliphatic rings. The second-order valence-electron chi connectivity index (χ2n) is 6.82. The van der Waals surface area contributed by atoms with Crippen molar-refractivity contribution in [2.75, 3.05) is 27.3 Å². The van der Waals surface area contributed by atoms with Gasteiger partial charge >= 0.3 is 0 Å². The smallest absolute Gasteiger partial charge is 0.229 e. The second kappa shape index (κ2) is 6.88. The summed E-state index contributed by atoms with van der Waals surface area (Å²) in [6.07, 6.45) is 5.78. The molecule has 6 heteroatoms. The van der Waals surface area contributed by atoms with E-state index < -0.39 is 0 Å². The summed E-state index contributed by atoms with van der Waals surface area (Å²) in [5, 5.41) is 4.12. The zero-order valence-corrected chi connectivity index (χ0v) is 14.7. The summed E-state index contributed by atoms with van der Waals surface area (Å²) in [6.45, 7) is 2.03. The minimum Gasteiger partial charge on any atom is -0.493 e. The normalized spacial score (nSPS) is 16.8. The standard InChI is InChI=1S/C19H23N3O3/c1-22(11-17-20-19(25-21-17)14-5-3-6-14)10-13-9-15-7-4-8-16(23-2)18(15)24-12-13/h4,7-9,14H,3,5-6,10-12H2,1-2H3. The molecule has 1 aliphatic carbocycles. The van der Waals surface area contributed by atoms with Gasteiger partial charge in [0.05, 0.1) is 13.7 Å².